The van der Waals surface area contributed by atoms with E-state index in [4.69, 9.17) is 0 Å². The summed E-state index contributed by atoms with van der Waals surface area (Å²) in [7, 11) is 0. The zero-order valence-corrected chi connectivity index (χ0v) is 7.76. The van der Waals surface area contributed by atoms with Gasteiger partial charge in [-0.05, 0) is 57.0 Å². The molecule has 1 aliphatic carbocycles. The third kappa shape index (κ3) is 1.89. The summed E-state index contributed by atoms with van der Waals surface area (Å²) in [6.45, 7) is 2.53. The summed E-state index contributed by atoms with van der Waals surface area (Å²) in [6, 6.07) is 0. The highest BCUT2D eigenvalue weighted by molar-refractivity contribution is 4.93. The van der Waals surface area contributed by atoms with Gasteiger partial charge in [-0.1, -0.05) is 12.2 Å². The highest BCUT2D eigenvalue weighted by Crippen LogP contribution is 2.29. The Morgan fingerprint density at radius 2 is 2.08 bits per heavy atom. The maximum absolute atomic E-state index is 3.51. The summed E-state index contributed by atoms with van der Waals surface area (Å²) in [5.41, 5.74) is 0. The molecule has 0 aromatic rings. The van der Waals surface area contributed by atoms with Gasteiger partial charge in [0, 0.05) is 0 Å². The Labute approximate surface area is 75.2 Å². The van der Waals surface area contributed by atoms with Gasteiger partial charge < -0.3 is 5.32 Å². The van der Waals surface area contributed by atoms with E-state index in [1.807, 2.05) is 0 Å². The van der Waals surface area contributed by atoms with Crippen LogP contribution in [0.5, 0.6) is 0 Å². The second-order valence-corrected chi connectivity index (χ2v) is 4.15. The third-order valence-electron chi connectivity index (χ3n) is 3.31. The van der Waals surface area contributed by atoms with Crippen LogP contribution >= 0.6 is 0 Å². The minimum Gasteiger partial charge on any atom is -0.316 e. The molecule has 1 fully saturated rings. The normalized spacial score (nSPS) is 36.7. The van der Waals surface area contributed by atoms with Gasteiger partial charge in [-0.2, -0.15) is 0 Å². The molecule has 2 unspecified atom stereocenters. The second-order valence-electron chi connectivity index (χ2n) is 4.15. The molecule has 0 saturated carbocycles. The average Bonchev–Trinajstić information content (AvgIpc) is 2.21. The van der Waals surface area contributed by atoms with Crippen molar-refractivity contribution in [1.82, 2.24) is 5.32 Å². The summed E-state index contributed by atoms with van der Waals surface area (Å²) < 4.78 is 0. The van der Waals surface area contributed by atoms with Crippen LogP contribution in [-0.2, 0) is 0 Å². The molecule has 0 bridgehead atoms. The molecule has 2 atom stereocenters. The fourth-order valence-corrected chi connectivity index (χ4v) is 2.53. The van der Waals surface area contributed by atoms with E-state index < -0.39 is 0 Å². The fraction of sp³-hybridized carbons (Fsp3) is 0.818. The topological polar surface area (TPSA) is 12.0 Å². The average molecular weight is 165 g/mol. The van der Waals surface area contributed by atoms with Gasteiger partial charge in [-0.15, -0.1) is 0 Å². The first-order valence-electron chi connectivity index (χ1n) is 5.32. The van der Waals surface area contributed by atoms with Gasteiger partial charge in [-0.3, -0.25) is 0 Å². The molecule has 1 saturated heterocycles. The molecule has 0 aromatic carbocycles. The smallest absolute Gasteiger partial charge is 0.00177 e. The lowest BCUT2D eigenvalue weighted by Gasteiger charge is -2.31. The number of nitrogens with one attached hydrogen (secondary N) is 1. The van der Waals surface area contributed by atoms with Crippen LogP contribution in [0.3, 0.4) is 0 Å². The molecule has 1 heteroatoms. The van der Waals surface area contributed by atoms with Crippen molar-refractivity contribution in [1.29, 1.82) is 0 Å². The van der Waals surface area contributed by atoms with E-state index in [-0.39, 0.29) is 0 Å². The monoisotopic (exact) mass is 165 g/mol. The van der Waals surface area contributed by atoms with Crippen LogP contribution < -0.4 is 5.32 Å². The molecule has 1 heterocycles. The fourth-order valence-electron chi connectivity index (χ4n) is 2.53. The van der Waals surface area contributed by atoms with Gasteiger partial charge in [0.25, 0.3) is 0 Å². The van der Waals surface area contributed by atoms with Crippen molar-refractivity contribution in [3.8, 4) is 0 Å². The van der Waals surface area contributed by atoms with Crippen LogP contribution in [-0.4, -0.2) is 13.1 Å². The molecule has 0 radical (unpaired) electrons. The number of rotatable bonds is 1. The quantitative estimate of drug-likeness (QED) is 0.588. The Morgan fingerprint density at radius 1 is 1.08 bits per heavy atom. The van der Waals surface area contributed by atoms with Gasteiger partial charge in [0.1, 0.15) is 0 Å². The first-order chi connectivity index (χ1) is 5.97. The highest BCUT2D eigenvalue weighted by atomic mass is 14.9. The van der Waals surface area contributed by atoms with Crippen molar-refractivity contribution >= 4 is 0 Å². The van der Waals surface area contributed by atoms with Crippen LogP contribution in [0, 0.1) is 11.8 Å². The molecular formula is C11H19N. The molecular weight excluding hydrogens is 146 g/mol. The molecule has 0 spiro atoms. The molecule has 68 valence electrons. The lowest BCUT2D eigenvalue weighted by molar-refractivity contribution is 0.248. The number of allylic oxidation sites excluding steroid dienone is 2. The van der Waals surface area contributed by atoms with Crippen molar-refractivity contribution < 1.29 is 0 Å². The summed E-state index contributed by atoms with van der Waals surface area (Å²) in [6.07, 6.45) is 11.7. The molecule has 2 rings (SSSR count). The van der Waals surface area contributed by atoms with Crippen LogP contribution in [0.25, 0.3) is 0 Å². The van der Waals surface area contributed by atoms with Gasteiger partial charge in [0.15, 0.2) is 0 Å². The van der Waals surface area contributed by atoms with E-state index in [2.05, 4.69) is 17.5 Å². The predicted octanol–water partition coefficient (Wildman–Crippen LogP) is 2.34. The first kappa shape index (κ1) is 8.31. The predicted molar refractivity (Wildman–Crippen MR) is 52.1 cm³/mol. The van der Waals surface area contributed by atoms with Gasteiger partial charge in [0.05, 0.1) is 0 Å². The Morgan fingerprint density at radius 3 is 2.75 bits per heavy atom. The summed E-state index contributed by atoms with van der Waals surface area (Å²) in [4.78, 5) is 0. The van der Waals surface area contributed by atoms with Crippen molar-refractivity contribution in [3.05, 3.63) is 12.2 Å². The molecule has 1 nitrogen and oxygen atoms in total. The van der Waals surface area contributed by atoms with E-state index in [0.29, 0.717) is 0 Å². The maximum Gasteiger partial charge on any atom is -0.00177 e. The van der Waals surface area contributed by atoms with Gasteiger partial charge in [-0.25, -0.2) is 0 Å². The standard InChI is InChI=1S/C11H19N/c1-2-5-10(6-3-1)11-7-4-8-12-9-11/h1-2,10-12H,3-9H2. The molecule has 12 heavy (non-hydrogen) atoms. The van der Waals surface area contributed by atoms with E-state index in [1.54, 1.807) is 0 Å². The van der Waals surface area contributed by atoms with Crippen LogP contribution in [0.2, 0.25) is 0 Å². The van der Waals surface area contributed by atoms with E-state index >= 15 is 0 Å². The first-order valence-corrected chi connectivity index (χ1v) is 5.32. The van der Waals surface area contributed by atoms with E-state index in [1.165, 1.54) is 45.2 Å². The van der Waals surface area contributed by atoms with Gasteiger partial charge in [0.2, 0.25) is 0 Å². The zero-order valence-electron chi connectivity index (χ0n) is 7.76. The van der Waals surface area contributed by atoms with Gasteiger partial charge >= 0.3 is 0 Å². The van der Waals surface area contributed by atoms with Crippen LogP contribution in [0.15, 0.2) is 12.2 Å². The summed E-state index contributed by atoms with van der Waals surface area (Å²) in [5.74, 6) is 1.96. The van der Waals surface area contributed by atoms with Crippen molar-refractivity contribution in [2.45, 2.75) is 32.1 Å². The number of piperidine rings is 1. The van der Waals surface area contributed by atoms with E-state index in [9.17, 15) is 0 Å². The minimum atomic E-state index is 0.976. The van der Waals surface area contributed by atoms with Crippen molar-refractivity contribution in [2.75, 3.05) is 13.1 Å². The third-order valence-corrected chi connectivity index (χ3v) is 3.31. The lowest BCUT2D eigenvalue weighted by atomic mass is 9.79. The van der Waals surface area contributed by atoms with Crippen molar-refractivity contribution in [2.24, 2.45) is 11.8 Å². The summed E-state index contributed by atoms with van der Waals surface area (Å²) >= 11 is 0. The Bertz CT molecular complexity index is 156. The van der Waals surface area contributed by atoms with Crippen molar-refractivity contribution in [3.63, 3.8) is 0 Å². The number of hydrogen-bond donors (Lipinski definition) is 1. The molecule has 1 N–H and O–H groups in total. The molecule has 1 aliphatic heterocycles. The minimum absolute atomic E-state index is 0.976. The Hall–Kier alpha value is -0.300. The largest absolute Gasteiger partial charge is 0.316 e. The maximum atomic E-state index is 3.51. The Balaban J connectivity index is 1.85. The van der Waals surface area contributed by atoms with Crippen LogP contribution in [0.4, 0.5) is 0 Å². The Kier molecular flexibility index (Phi) is 2.83. The lowest BCUT2D eigenvalue weighted by Crippen LogP contribution is -2.34. The molecule has 2 aliphatic rings. The van der Waals surface area contributed by atoms with E-state index in [0.717, 1.165) is 11.8 Å². The molecule has 0 amide bonds. The SMILES string of the molecule is C1=CCC(C2CCCNC2)CC1. The zero-order chi connectivity index (χ0) is 8.23. The number of hydrogen-bond acceptors (Lipinski definition) is 1. The summed E-state index contributed by atoms with van der Waals surface area (Å²) in [5, 5.41) is 3.51. The second kappa shape index (κ2) is 4.08. The van der Waals surface area contributed by atoms with Crippen LogP contribution in [0.1, 0.15) is 32.1 Å². The molecule has 0 aromatic heterocycles. The highest BCUT2D eigenvalue weighted by Gasteiger charge is 2.22.